The van der Waals surface area contributed by atoms with Crippen molar-refractivity contribution in [2.24, 2.45) is 0 Å². The van der Waals surface area contributed by atoms with Crippen LogP contribution in [0.2, 0.25) is 0 Å². The van der Waals surface area contributed by atoms with Crippen molar-refractivity contribution in [2.75, 3.05) is 4.90 Å². The topological polar surface area (TPSA) is 42.7 Å². The molecule has 0 fully saturated rings. The zero-order valence-corrected chi connectivity index (χ0v) is 70.9. The largest absolute Gasteiger partial charge is 0.456 e. The molecule has 0 amide bonds. The summed E-state index contributed by atoms with van der Waals surface area (Å²) in [6.45, 7) is 0. The Hall–Kier alpha value is -17.2. The van der Waals surface area contributed by atoms with Crippen LogP contribution < -0.4 is 4.90 Å². The Labute approximate surface area is 752 Å². The predicted octanol–water partition coefficient (Wildman–Crippen LogP) is 36.1. The monoisotopic (exact) mass is 1660 g/mol. The molecule has 23 aromatic carbocycles. The summed E-state index contributed by atoms with van der Waals surface area (Å²) in [5, 5.41) is 22.0. The molecule has 0 aliphatic heterocycles. The van der Waals surface area contributed by atoms with Crippen molar-refractivity contribution in [3.8, 4) is 100 Å². The van der Waals surface area contributed by atoms with Crippen molar-refractivity contribution in [3.63, 3.8) is 0 Å². The zero-order chi connectivity index (χ0) is 86.0. The van der Waals surface area contributed by atoms with Gasteiger partial charge < -0.3 is 18.2 Å². The molecular formula is C126H81NO3. The van der Waals surface area contributed by atoms with Gasteiger partial charge in [-0.2, -0.15) is 0 Å². The van der Waals surface area contributed by atoms with Crippen LogP contribution in [0.3, 0.4) is 0 Å². The molecule has 0 bridgehead atoms. The lowest BCUT2D eigenvalue weighted by molar-refractivity contribution is 0.669. The lowest BCUT2D eigenvalue weighted by Crippen LogP contribution is -2.09. The molecule has 0 aliphatic rings. The second-order valence-corrected chi connectivity index (χ2v) is 33.5. The second kappa shape index (κ2) is 32.7. The minimum atomic E-state index is 0.901. The first-order valence-electron chi connectivity index (χ1n) is 44.5. The van der Waals surface area contributed by atoms with Crippen LogP contribution >= 0.6 is 0 Å². The molecule has 0 aliphatic carbocycles. The Morgan fingerprint density at radius 2 is 0.400 bits per heavy atom. The van der Waals surface area contributed by atoms with E-state index >= 15 is 0 Å². The highest BCUT2D eigenvalue weighted by Crippen LogP contribution is 2.49. The van der Waals surface area contributed by atoms with E-state index in [1.54, 1.807) is 0 Å². The van der Waals surface area contributed by atoms with Crippen molar-refractivity contribution >= 4 is 148 Å². The van der Waals surface area contributed by atoms with Crippen molar-refractivity contribution < 1.29 is 13.3 Å². The number of benzene rings is 23. The maximum atomic E-state index is 6.41. The molecule has 4 nitrogen and oxygen atoms in total. The molecule has 4 heteroatoms. The lowest BCUT2D eigenvalue weighted by Gasteiger charge is -2.26. The first kappa shape index (κ1) is 76.5. The Bertz CT molecular complexity index is 8520. The van der Waals surface area contributed by atoms with Gasteiger partial charge in [-0.05, 0) is 226 Å². The van der Waals surface area contributed by atoms with Crippen molar-refractivity contribution in [3.05, 3.63) is 491 Å². The SMILES string of the molecule is c1ccc(-c2c3ccccc3c(-c3ccc(-c4cccc5ccccc45)cc3)c3ccccc23)cc1.c1ccc(-c2c3ccccc3c(-c3ccc4oc5cc6ccccc6cc5c4c3)c3ccccc23)cc1.c1ccc(-c2ccc(-c3ccc(N(c4ccc(-c5cccc6c5oc5ccccc56)cc4)c4ccc(-c5cccc6c5oc5ccccc56)cc4)cc3)cc2)cc1. The summed E-state index contributed by atoms with van der Waals surface area (Å²) < 4.78 is 19.1. The van der Waals surface area contributed by atoms with Gasteiger partial charge in [0.1, 0.15) is 33.5 Å². The normalized spacial score (nSPS) is 11.5. The highest BCUT2D eigenvalue weighted by molar-refractivity contribution is 6.24. The Kier molecular flexibility index (Phi) is 19.3. The average molecular weight is 1660 g/mol. The minimum absolute atomic E-state index is 0.901. The average Bonchev–Trinajstić information content (AvgIpc) is 1.53. The van der Waals surface area contributed by atoms with Crippen molar-refractivity contribution in [1.82, 2.24) is 0 Å². The molecule has 0 unspecified atom stereocenters. The summed E-state index contributed by atoms with van der Waals surface area (Å²) in [5.74, 6) is 0. The van der Waals surface area contributed by atoms with Gasteiger partial charge >= 0.3 is 0 Å². The van der Waals surface area contributed by atoms with Gasteiger partial charge in [-0.1, -0.05) is 419 Å². The molecule has 0 saturated carbocycles. The van der Waals surface area contributed by atoms with E-state index in [1.807, 2.05) is 24.3 Å². The van der Waals surface area contributed by atoms with Crippen LogP contribution in [0.15, 0.2) is 505 Å². The molecule has 0 saturated heterocycles. The van der Waals surface area contributed by atoms with Crippen LogP contribution in [-0.4, -0.2) is 0 Å². The third-order valence-corrected chi connectivity index (χ3v) is 26.0. The van der Waals surface area contributed by atoms with E-state index in [0.29, 0.717) is 0 Å². The fourth-order valence-corrected chi connectivity index (χ4v) is 19.9. The van der Waals surface area contributed by atoms with Gasteiger partial charge in [-0.25, -0.2) is 0 Å². The maximum Gasteiger partial charge on any atom is 0.143 e. The third-order valence-electron chi connectivity index (χ3n) is 26.0. The number of rotatable bonds is 12. The molecule has 0 radical (unpaired) electrons. The number of furan rings is 3. The second-order valence-electron chi connectivity index (χ2n) is 33.5. The third kappa shape index (κ3) is 13.7. The van der Waals surface area contributed by atoms with Crippen LogP contribution in [0, 0.1) is 0 Å². The molecular weight excluding hydrogens is 1580 g/mol. The quantitative estimate of drug-likeness (QED) is 0.114. The first-order chi connectivity index (χ1) is 64.5. The fraction of sp³-hybridized carbons (Fsp3) is 0. The maximum absolute atomic E-state index is 6.41. The van der Waals surface area contributed by atoms with E-state index in [1.165, 1.54) is 143 Å². The summed E-state index contributed by atoms with van der Waals surface area (Å²) in [4.78, 5) is 2.32. The van der Waals surface area contributed by atoms with E-state index in [9.17, 15) is 0 Å². The van der Waals surface area contributed by atoms with E-state index in [0.717, 1.165) is 105 Å². The summed E-state index contributed by atoms with van der Waals surface area (Å²) in [7, 11) is 0. The van der Waals surface area contributed by atoms with Gasteiger partial charge in [0, 0.05) is 60.5 Å². The summed E-state index contributed by atoms with van der Waals surface area (Å²) >= 11 is 0. The Morgan fingerprint density at radius 1 is 0.131 bits per heavy atom. The molecule has 608 valence electrons. The molecule has 3 aromatic heterocycles. The van der Waals surface area contributed by atoms with E-state index < -0.39 is 0 Å². The number of nitrogens with zero attached hydrogens (tertiary/aromatic N) is 1. The first-order valence-corrected chi connectivity index (χ1v) is 44.5. The standard InChI is InChI=1S/C54H35NO2.C36H22O.C36H24/c1-2-10-36(11-3-1)37-20-22-38(23-21-37)39-24-30-42(31-25-39)55(43-32-26-40(27-33-43)45-14-8-16-49-47-12-4-6-18-51(47)56-53(45)49)44-34-28-41(29-35-44)46-15-9-17-50-48-13-5-7-19-52(48)57-54(46)50;1-2-10-23(11-3-1)35-27-14-6-8-16-29(27)36(30-17-9-7-15-28(30)35)26-18-19-33-31(21-26)32-20-24-12-4-5-13-25(24)22-34(32)37-33;1-2-12-27(13-3-1)35-31-16-6-8-18-33(31)36(34-19-9-7-17-32(34)35)28-23-21-26(22-24-28)30-20-10-14-25-11-4-5-15-29(25)30/h1-35H;1-22H;1-24H. The highest BCUT2D eigenvalue weighted by atomic mass is 16.3. The minimum Gasteiger partial charge on any atom is -0.456 e. The van der Waals surface area contributed by atoms with Gasteiger partial charge in [0.15, 0.2) is 0 Å². The predicted molar refractivity (Wildman–Crippen MR) is 550 cm³/mol. The highest BCUT2D eigenvalue weighted by Gasteiger charge is 2.23. The Balaban J connectivity index is 0.000000112. The summed E-state index contributed by atoms with van der Waals surface area (Å²) in [6, 6.07) is 176. The van der Waals surface area contributed by atoms with Gasteiger partial charge in [0.2, 0.25) is 0 Å². The van der Waals surface area contributed by atoms with Crippen LogP contribution in [0.1, 0.15) is 0 Å². The Morgan fingerprint density at radius 3 is 0.846 bits per heavy atom. The summed E-state index contributed by atoms with van der Waals surface area (Å²) in [6.07, 6.45) is 0. The van der Waals surface area contributed by atoms with Gasteiger partial charge in [0.05, 0.1) is 0 Å². The smallest absolute Gasteiger partial charge is 0.143 e. The number of hydrogen-bond acceptors (Lipinski definition) is 4. The molecule has 26 aromatic rings. The van der Waals surface area contributed by atoms with Crippen LogP contribution in [0.5, 0.6) is 0 Å². The number of fused-ring (bicyclic) bond motifs is 15. The number of para-hydroxylation sites is 4. The van der Waals surface area contributed by atoms with Crippen molar-refractivity contribution in [2.45, 2.75) is 0 Å². The number of anilines is 3. The van der Waals surface area contributed by atoms with Gasteiger partial charge in [0.25, 0.3) is 0 Å². The van der Waals surface area contributed by atoms with Crippen molar-refractivity contribution in [1.29, 1.82) is 0 Å². The molecule has 3 heterocycles. The number of hydrogen-bond donors (Lipinski definition) is 0. The zero-order valence-electron chi connectivity index (χ0n) is 70.9. The molecule has 26 rings (SSSR count). The fourth-order valence-electron chi connectivity index (χ4n) is 19.9. The molecule has 0 atom stereocenters. The summed E-state index contributed by atoms with van der Waals surface area (Å²) in [5.41, 5.74) is 30.4. The van der Waals surface area contributed by atoms with Gasteiger partial charge in [-0.3, -0.25) is 0 Å². The van der Waals surface area contributed by atoms with Crippen LogP contribution in [-0.2, 0) is 0 Å². The molecule has 0 N–H and O–H groups in total. The molecule has 0 spiro atoms. The van der Waals surface area contributed by atoms with E-state index in [2.05, 4.69) is 472 Å². The van der Waals surface area contributed by atoms with E-state index in [4.69, 9.17) is 13.3 Å². The van der Waals surface area contributed by atoms with Gasteiger partial charge in [-0.15, -0.1) is 0 Å². The van der Waals surface area contributed by atoms with Crippen LogP contribution in [0.25, 0.3) is 231 Å². The van der Waals surface area contributed by atoms with Crippen LogP contribution in [0.4, 0.5) is 17.1 Å². The lowest BCUT2D eigenvalue weighted by atomic mass is 9.85. The van der Waals surface area contributed by atoms with E-state index in [-0.39, 0.29) is 0 Å². The molecule has 130 heavy (non-hydrogen) atoms.